The first-order valence-electron chi connectivity index (χ1n) is 5.94. The number of nitrogens with zero attached hydrogens (tertiary/aromatic N) is 2. The van der Waals surface area contributed by atoms with Gasteiger partial charge in [0.25, 0.3) is 0 Å². The topological polar surface area (TPSA) is 134 Å². The van der Waals surface area contributed by atoms with E-state index in [4.69, 9.17) is 4.55 Å². The summed E-state index contributed by atoms with van der Waals surface area (Å²) in [6.07, 6.45) is 0. The molecule has 2 aromatic carbocycles. The second-order valence-corrected chi connectivity index (χ2v) is 4.87. The first-order chi connectivity index (χ1) is 10.4. The Morgan fingerprint density at radius 3 is 1.68 bits per heavy atom. The van der Waals surface area contributed by atoms with E-state index in [2.05, 4.69) is 64.0 Å². The smallest absolute Gasteiger partial charge is 0.273 e. The number of hydrogen-bond donors (Lipinski definition) is 3. The molecule has 22 heavy (non-hydrogen) atoms. The molecule has 0 bridgehead atoms. The Hall–Kier alpha value is -2.62. The molecule has 2 rings (SSSR count). The zero-order chi connectivity index (χ0) is 16.4. The highest BCUT2D eigenvalue weighted by molar-refractivity contribution is 7.84. The number of nitrogens with one attached hydrogen (secondary N) is 1. The van der Waals surface area contributed by atoms with E-state index in [1.807, 2.05) is 12.1 Å². The summed E-state index contributed by atoms with van der Waals surface area (Å²) in [5.41, 5.74) is 4.01. The van der Waals surface area contributed by atoms with Crippen molar-refractivity contribution < 1.29 is 17.8 Å². The van der Waals surface area contributed by atoms with Crippen molar-refractivity contribution in [3.63, 3.8) is 0 Å². The van der Waals surface area contributed by atoms with Gasteiger partial charge >= 0.3 is 16.3 Å². The summed E-state index contributed by atoms with van der Waals surface area (Å²) in [6, 6.07) is 19.6. The molecule has 0 aliphatic carbocycles. The summed E-state index contributed by atoms with van der Waals surface area (Å²) in [6.45, 7) is 0. The molecule has 2 aromatic rings. The van der Waals surface area contributed by atoms with Gasteiger partial charge < -0.3 is 0 Å². The minimum atomic E-state index is -4.59. The molecule has 0 spiro atoms. The van der Waals surface area contributed by atoms with E-state index >= 15 is 0 Å². The predicted molar refractivity (Wildman–Crippen MR) is 81.0 cm³/mol. The molecule has 0 aliphatic rings. The number of urea groups is 1. The Morgan fingerprint density at radius 2 is 1.36 bits per heavy atom. The van der Waals surface area contributed by atoms with Gasteiger partial charge in [-0.05, 0) is 15.6 Å². The van der Waals surface area contributed by atoms with Crippen LogP contribution in [-0.2, 0) is 10.3 Å². The van der Waals surface area contributed by atoms with Crippen molar-refractivity contribution in [1.29, 1.82) is 0 Å². The van der Waals surface area contributed by atoms with Gasteiger partial charge in [0.05, 0.1) is 0 Å². The lowest BCUT2D eigenvalue weighted by Crippen LogP contribution is -2.26. The minimum Gasteiger partial charge on any atom is -0.273 e. The van der Waals surface area contributed by atoms with Crippen molar-refractivity contribution in [1.82, 2.24) is 5.43 Å². The Labute approximate surface area is 127 Å². The molecule has 2 amide bonds. The van der Waals surface area contributed by atoms with Crippen LogP contribution < -0.4 is 11.3 Å². The highest BCUT2D eigenvalue weighted by atomic mass is 32.2. The quantitative estimate of drug-likeness (QED) is 0.256. The molecule has 4 N–H and O–H groups in total. The molecule has 116 valence electrons. The van der Waals surface area contributed by atoms with Crippen molar-refractivity contribution in [3.05, 3.63) is 60.7 Å². The molecule has 0 saturated heterocycles. The first kappa shape index (κ1) is 17.4. The van der Waals surface area contributed by atoms with Crippen molar-refractivity contribution in [2.75, 3.05) is 0 Å². The molecule has 0 radical (unpaired) electrons. The Morgan fingerprint density at radius 1 is 0.955 bits per heavy atom. The van der Waals surface area contributed by atoms with Gasteiger partial charge in [-0.15, -0.1) is 0 Å². The Kier molecular flexibility index (Phi) is 6.83. The van der Waals surface area contributed by atoms with Gasteiger partial charge in [0.1, 0.15) is 0 Å². The van der Waals surface area contributed by atoms with Gasteiger partial charge in [-0.3, -0.25) is 9.98 Å². The second kappa shape index (κ2) is 8.62. The van der Waals surface area contributed by atoms with Crippen molar-refractivity contribution in [3.8, 4) is 11.1 Å². The number of carbonyl (C=O) groups is 1. The van der Waals surface area contributed by atoms with Crippen LogP contribution in [0.25, 0.3) is 11.1 Å². The number of rotatable bonds is 2. The average molecular weight is 322 g/mol. The highest BCUT2D eigenvalue weighted by Crippen LogP contribution is 2.17. The molecule has 0 aliphatic heterocycles. The van der Waals surface area contributed by atoms with Gasteiger partial charge in [0, 0.05) is 0 Å². The Bertz CT molecular complexity index is 681. The van der Waals surface area contributed by atoms with Gasteiger partial charge in [0.2, 0.25) is 0 Å². The number of nitrogens with two attached hydrogens (primary N) is 1. The lowest BCUT2D eigenvalue weighted by atomic mass is 10.1. The van der Waals surface area contributed by atoms with E-state index in [1.54, 1.807) is 0 Å². The number of hydrogen-bond acceptors (Lipinski definition) is 4. The van der Waals surface area contributed by atoms with Crippen LogP contribution in [0.5, 0.6) is 0 Å². The SMILES string of the molecule is NNC(=O)N=NS(=O)(=O)O.c1ccc(-c2ccccc2)cc1. The van der Waals surface area contributed by atoms with Gasteiger partial charge in [-0.1, -0.05) is 65.8 Å². The summed E-state index contributed by atoms with van der Waals surface area (Å²) in [5.74, 6) is 4.47. The van der Waals surface area contributed by atoms with Crippen LogP contribution in [0.3, 0.4) is 0 Å². The summed E-state index contributed by atoms with van der Waals surface area (Å²) >= 11 is 0. The summed E-state index contributed by atoms with van der Waals surface area (Å²) in [7, 11) is -4.59. The maximum absolute atomic E-state index is 9.99. The summed E-state index contributed by atoms with van der Waals surface area (Å²) in [5, 5.41) is 2.43. The van der Waals surface area contributed by atoms with E-state index in [0.29, 0.717) is 0 Å². The van der Waals surface area contributed by atoms with E-state index in [9.17, 15) is 13.2 Å². The van der Waals surface area contributed by atoms with E-state index < -0.39 is 16.3 Å². The number of amides is 2. The van der Waals surface area contributed by atoms with Crippen LogP contribution in [0.1, 0.15) is 0 Å². The standard InChI is InChI=1S/C12H10.CH4N4O4S/c1-3-7-11(8-4-1)12-9-5-2-6-10-12;2-3-1(6)4-5-10(7,8)9/h1-10H;2H2,(H,3,6)(H,7,8,9). The molecule has 0 heterocycles. The van der Waals surface area contributed by atoms with E-state index in [-0.39, 0.29) is 0 Å². The molecule has 8 nitrogen and oxygen atoms in total. The largest absolute Gasteiger partial charge is 0.396 e. The molecule has 0 unspecified atom stereocenters. The Balaban J connectivity index is 0.000000225. The average Bonchev–Trinajstić information content (AvgIpc) is 2.54. The molecular weight excluding hydrogens is 308 g/mol. The lowest BCUT2D eigenvalue weighted by Gasteiger charge is -1.98. The summed E-state index contributed by atoms with van der Waals surface area (Å²) in [4.78, 5) is 9.99. The summed E-state index contributed by atoms with van der Waals surface area (Å²) < 4.78 is 29.5. The molecule has 0 atom stereocenters. The molecular formula is C13H14N4O4S. The van der Waals surface area contributed by atoms with Crippen LogP contribution in [-0.4, -0.2) is 19.0 Å². The monoisotopic (exact) mass is 322 g/mol. The van der Waals surface area contributed by atoms with Gasteiger partial charge in [0.15, 0.2) is 0 Å². The third kappa shape index (κ3) is 7.24. The fourth-order valence-corrected chi connectivity index (χ4v) is 1.56. The fourth-order valence-electron chi connectivity index (χ4n) is 1.38. The van der Waals surface area contributed by atoms with Crippen molar-refractivity contribution >= 4 is 16.3 Å². The van der Waals surface area contributed by atoms with Crippen LogP contribution in [0, 0.1) is 0 Å². The maximum Gasteiger partial charge on any atom is 0.396 e. The van der Waals surface area contributed by atoms with Crippen LogP contribution in [0.15, 0.2) is 70.3 Å². The number of carbonyl (C=O) groups excluding carboxylic acids is 1. The van der Waals surface area contributed by atoms with Crippen molar-refractivity contribution in [2.24, 2.45) is 15.5 Å². The number of hydrazine groups is 1. The third-order valence-electron chi connectivity index (χ3n) is 2.24. The zero-order valence-corrected chi connectivity index (χ0v) is 12.1. The first-order valence-corrected chi connectivity index (χ1v) is 7.33. The van der Waals surface area contributed by atoms with E-state index in [1.165, 1.54) is 16.6 Å². The lowest BCUT2D eigenvalue weighted by molar-refractivity contribution is 0.248. The van der Waals surface area contributed by atoms with Crippen LogP contribution >= 0.6 is 0 Å². The van der Waals surface area contributed by atoms with Crippen molar-refractivity contribution in [2.45, 2.75) is 0 Å². The fraction of sp³-hybridized carbons (Fsp3) is 0. The van der Waals surface area contributed by atoms with Crippen LogP contribution in [0.2, 0.25) is 0 Å². The predicted octanol–water partition coefficient (Wildman–Crippen LogP) is 2.18. The highest BCUT2D eigenvalue weighted by Gasteiger charge is 2.00. The zero-order valence-electron chi connectivity index (χ0n) is 11.3. The minimum absolute atomic E-state index is 1.17. The molecule has 0 saturated carbocycles. The van der Waals surface area contributed by atoms with Gasteiger partial charge in [-0.25, -0.2) is 10.6 Å². The van der Waals surface area contributed by atoms with Crippen LogP contribution in [0.4, 0.5) is 4.79 Å². The third-order valence-corrected chi connectivity index (χ3v) is 2.53. The normalized spacial score (nSPS) is 10.6. The maximum atomic E-state index is 9.99. The second-order valence-electron chi connectivity index (χ2n) is 3.81. The molecule has 9 heteroatoms. The molecule has 0 fully saturated rings. The van der Waals surface area contributed by atoms with E-state index in [0.717, 1.165) is 0 Å². The number of benzene rings is 2. The van der Waals surface area contributed by atoms with Gasteiger partial charge in [-0.2, -0.15) is 8.42 Å². The molecule has 0 aromatic heterocycles.